The van der Waals surface area contributed by atoms with Gasteiger partial charge in [-0.05, 0) is 43.2 Å². The third-order valence-corrected chi connectivity index (χ3v) is 3.73. The number of carbonyl (C=O) groups is 1. The highest BCUT2D eigenvalue weighted by Crippen LogP contribution is 2.21. The molecule has 0 spiro atoms. The van der Waals surface area contributed by atoms with Gasteiger partial charge in [-0.25, -0.2) is 4.68 Å². The third kappa shape index (κ3) is 3.13. The van der Waals surface area contributed by atoms with Gasteiger partial charge in [-0.3, -0.25) is 9.78 Å². The van der Waals surface area contributed by atoms with Crippen molar-refractivity contribution in [2.75, 3.05) is 0 Å². The summed E-state index contributed by atoms with van der Waals surface area (Å²) >= 11 is 0. The number of amides is 1. The zero-order valence-electron chi connectivity index (χ0n) is 13.1. The van der Waals surface area contributed by atoms with E-state index in [2.05, 4.69) is 15.4 Å². The van der Waals surface area contributed by atoms with E-state index in [9.17, 15) is 4.79 Å². The van der Waals surface area contributed by atoms with E-state index in [1.54, 1.807) is 17.1 Å². The maximum atomic E-state index is 12.5. The molecule has 0 saturated carbocycles. The van der Waals surface area contributed by atoms with Crippen molar-refractivity contribution in [2.24, 2.45) is 0 Å². The van der Waals surface area contributed by atoms with Gasteiger partial charge in [-0.15, -0.1) is 0 Å². The molecular weight excluding hydrogens is 288 g/mol. The number of hydrogen-bond donors (Lipinski definition) is 1. The Kier molecular flexibility index (Phi) is 4.19. The minimum atomic E-state index is -0.175. The fourth-order valence-corrected chi connectivity index (χ4v) is 2.54. The molecule has 0 radical (unpaired) electrons. The van der Waals surface area contributed by atoms with Gasteiger partial charge in [-0.1, -0.05) is 24.3 Å². The number of hydrogen-bond acceptors (Lipinski definition) is 3. The number of para-hydroxylation sites is 1. The molecule has 5 nitrogen and oxygen atoms in total. The Morgan fingerprint density at radius 1 is 1.13 bits per heavy atom. The molecule has 1 amide bonds. The van der Waals surface area contributed by atoms with Crippen LogP contribution in [0.5, 0.6) is 0 Å². The van der Waals surface area contributed by atoms with Gasteiger partial charge in [0, 0.05) is 18.6 Å². The van der Waals surface area contributed by atoms with Crippen LogP contribution in [0.2, 0.25) is 0 Å². The average Bonchev–Trinajstić information content (AvgIpc) is 3.09. The fourth-order valence-electron chi connectivity index (χ4n) is 2.54. The van der Waals surface area contributed by atoms with E-state index in [1.807, 2.05) is 62.5 Å². The molecule has 116 valence electrons. The monoisotopic (exact) mass is 306 g/mol. The highest BCUT2D eigenvalue weighted by atomic mass is 16.1. The first-order valence-corrected chi connectivity index (χ1v) is 7.48. The van der Waals surface area contributed by atoms with Crippen molar-refractivity contribution in [3.8, 4) is 5.69 Å². The smallest absolute Gasteiger partial charge is 0.270 e. The quantitative estimate of drug-likeness (QED) is 0.806. The second kappa shape index (κ2) is 6.44. The van der Waals surface area contributed by atoms with Crippen LogP contribution in [0.15, 0.2) is 61.1 Å². The van der Waals surface area contributed by atoms with E-state index >= 15 is 0 Å². The molecule has 0 saturated heterocycles. The summed E-state index contributed by atoms with van der Waals surface area (Å²) in [5.41, 5.74) is 3.26. The Balaban J connectivity index is 1.86. The van der Waals surface area contributed by atoms with Gasteiger partial charge in [0.1, 0.15) is 5.69 Å². The first-order chi connectivity index (χ1) is 11.2. The number of pyridine rings is 1. The minimum absolute atomic E-state index is 0.163. The maximum absolute atomic E-state index is 12.5. The summed E-state index contributed by atoms with van der Waals surface area (Å²) in [5.74, 6) is -0.175. The number of nitrogens with zero attached hydrogens (tertiary/aromatic N) is 3. The van der Waals surface area contributed by atoms with Crippen LogP contribution < -0.4 is 5.32 Å². The summed E-state index contributed by atoms with van der Waals surface area (Å²) in [7, 11) is 0. The van der Waals surface area contributed by atoms with Crippen molar-refractivity contribution in [1.82, 2.24) is 20.1 Å². The minimum Gasteiger partial charge on any atom is -0.344 e. The van der Waals surface area contributed by atoms with Gasteiger partial charge in [0.05, 0.1) is 11.7 Å². The molecule has 0 fully saturated rings. The van der Waals surface area contributed by atoms with Gasteiger partial charge in [-0.2, -0.15) is 5.10 Å². The summed E-state index contributed by atoms with van der Waals surface area (Å²) in [4.78, 5) is 16.6. The van der Waals surface area contributed by atoms with Crippen molar-refractivity contribution in [3.63, 3.8) is 0 Å². The Morgan fingerprint density at radius 2 is 1.96 bits per heavy atom. The summed E-state index contributed by atoms with van der Waals surface area (Å²) in [6.07, 6.45) is 5.25. The van der Waals surface area contributed by atoms with Gasteiger partial charge in [0.15, 0.2) is 0 Å². The lowest BCUT2D eigenvalue weighted by Gasteiger charge is -2.18. The molecular formula is C18H18N4O. The Labute approximate surface area is 135 Å². The summed E-state index contributed by atoms with van der Waals surface area (Å²) < 4.78 is 1.80. The van der Waals surface area contributed by atoms with E-state index in [1.165, 1.54) is 0 Å². The fraction of sp³-hybridized carbons (Fsp3) is 0.167. The number of benzene rings is 1. The molecule has 3 rings (SSSR count). The van der Waals surface area contributed by atoms with E-state index in [4.69, 9.17) is 0 Å². The van der Waals surface area contributed by atoms with E-state index in [0.717, 1.165) is 16.8 Å². The first kappa shape index (κ1) is 15.0. The molecule has 0 aliphatic rings. The highest BCUT2D eigenvalue weighted by molar-refractivity contribution is 5.93. The zero-order valence-corrected chi connectivity index (χ0v) is 13.1. The predicted octanol–water partition coefficient (Wildman–Crippen LogP) is 3.07. The molecule has 0 aliphatic carbocycles. The molecule has 0 bridgehead atoms. The maximum Gasteiger partial charge on any atom is 0.270 e. The van der Waals surface area contributed by atoms with Gasteiger partial charge in [0.25, 0.3) is 5.91 Å². The Hall–Kier alpha value is -2.95. The third-order valence-electron chi connectivity index (χ3n) is 3.73. The van der Waals surface area contributed by atoms with Gasteiger partial charge < -0.3 is 5.32 Å². The lowest BCUT2D eigenvalue weighted by Crippen LogP contribution is -2.28. The van der Waals surface area contributed by atoms with Crippen molar-refractivity contribution in [3.05, 3.63) is 77.9 Å². The van der Waals surface area contributed by atoms with Crippen molar-refractivity contribution >= 4 is 5.91 Å². The van der Waals surface area contributed by atoms with Crippen LogP contribution in [0, 0.1) is 6.92 Å². The number of aryl methyl sites for hydroxylation is 1. The molecule has 2 aromatic heterocycles. The van der Waals surface area contributed by atoms with E-state index in [0.29, 0.717) is 5.69 Å². The molecule has 23 heavy (non-hydrogen) atoms. The zero-order chi connectivity index (χ0) is 16.2. The number of rotatable bonds is 4. The normalized spacial score (nSPS) is 11.9. The van der Waals surface area contributed by atoms with E-state index in [-0.39, 0.29) is 11.9 Å². The molecule has 1 aromatic carbocycles. The van der Waals surface area contributed by atoms with Crippen molar-refractivity contribution < 1.29 is 4.79 Å². The van der Waals surface area contributed by atoms with Crippen LogP contribution in [0.1, 0.15) is 34.6 Å². The lowest BCUT2D eigenvalue weighted by atomic mass is 10.1. The molecule has 2 heterocycles. The second-order valence-corrected chi connectivity index (χ2v) is 5.37. The number of carbonyl (C=O) groups excluding carboxylic acids is 1. The number of aromatic nitrogens is 3. The summed E-state index contributed by atoms with van der Waals surface area (Å²) in [6.45, 7) is 3.84. The molecule has 1 N–H and O–H groups in total. The molecule has 3 aromatic rings. The predicted molar refractivity (Wildman–Crippen MR) is 88.4 cm³/mol. The topological polar surface area (TPSA) is 59.8 Å². The van der Waals surface area contributed by atoms with Gasteiger partial charge >= 0.3 is 0 Å². The molecule has 1 atom stereocenters. The van der Waals surface area contributed by atoms with Crippen LogP contribution in [-0.4, -0.2) is 20.7 Å². The molecule has 5 heteroatoms. The SMILES string of the molecule is Cc1cccnc1C(=O)N[C@@H](C)c1ccccc1-n1cccn1. The Bertz CT molecular complexity index is 811. The Morgan fingerprint density at radius 3 is 2.70 bits per heavy atom. The standard InChI is InChI=1S/C18H18N4O/c1-13-7-5-10-19-17(13)18(23)21-14(2)15-8-3-4-9-16(15)22-12-6-11-20-22/h3-12,14H,1-2H3,(H,21,23)/t14-/m0/s1. The van der Waals surface area contributed by atoms with Crippen molar-refractivity contribution in [1.29, 1.82) is 0 Å². The van der Waals surface area contributed by atoms with Gasteiger partial charge in [0.2, 0.25) is 0 Å². The van der Waals surface area contributed by atoms with Crippen LogP contribution in [0.25, 0.3) is 5.69 Å². The average molecular weight is 306 g/mol. The number of nitrogens with one attached hydrogen (secondary N) is 1. The van der Waals surface area contributed by atoms with E-state index < -0.39 is 0 Å². The van der Waals surface area contributed by atoms with Crippen LogP contribution in [-0.2, 0) is 0 Å². The van der Waals surface area contributed by atoms with Crippen LogP contribution >= 0.6 is 0 Å². The summed E-state index contributed by atoms with van der Waals surface area (Å²) in [5, 5.41) is 7.29. The lowest BCUT2D eigenvalue weighted by molar-refractivity contribution is 0.0934. The first-order valence-electron chi connectivity index (χ1n) is 7.48. The van der Waals surface area contributed by atoms with Crippen molar-refractivity contribution in [2.45, 2.75) is 19.9 Å². The van der Waals surface area contributed by atoms with Crippen LogP contribution in [0.3, 0.4) is 0 Å². The largest absolute Gasteiger partial charge is 0.344 e. The summed E-state index contributed by atoms with van der Waals surface area (Å²) in [6, 6.07) is 13.3. The molecule has 0 aliphatic heterocycles. The second-order valence-electron chi connectivity index (χ2n) is 5.37. The highest BCUT2D eigenvalue weighted by Gasteiger charge is 2.17. The van der Waals surface area contributed by atoms with Crippen LogP contribution in [0.4, 0.5) is 0 Å². The molecule has 0 unspecified atom stereocenters.